The van der Waals surface area contributed by atoms with Gasteiger partial charge in [-0.15, -0.1) is 0 Å². The maximum absolute atomic E-state index is 5.62. The highest BCUT2D eigenvalue weighted by atomic mass is 15.2. The molecule has 94 valence electrons. The first-order valence-electron chi connectivity index (χ1n) is 6.00. The summed E-state index contributed by atoms with van der Waals surface area (Å²) in [4.78, 5) is 8.50. The van der Waals surface area contributed by atoms with Gasteiger partial charge in [-0.25, -0.2) is 9.97 Å². The molecule has 2 rings (SSSR count). The largest absolute Gasteiger partial charge is 0.271 e. The lowest BCUT2D eigenvalue weighted by Gasteiger charge is -2.15. The standard InChI is InChI=1S/C14H18N4/c1-10-3-5-12(6-4-10)9-14(18-15)13-7-8-16-11(2)17-13/h3-8,14,18H,9,15H2,1-2H3. The van der Waals surface area contributed by atoms with Crippen LogP contribution < -0.4 is 11.3 Å². The summed E-state index contributed by atoms with van der Waals surface area (Å²) in [5, 5.41) is 0. The van der Waals surface area contributed by atoms with E-state index in [1.807, 2.05) is 13.0 Å². The Bertz CT molecular complexity index is 507. The van der Waals surface area contributed by atoms with Gasteiger partial charge in [0, 0.05) is 6.20 Å². The quantitative estimate of drug-likeness (QED) is 0.634. The SMILES string of the molecule is Cc1ccc(CC(NN)c2ccnc(C)n2)cc1. The molecule has 0 aliphatic heterocycles. The number of aromatic nitrogens is 2. The molecule has 2 aromatic rings. The van der Waals surface area contributed by atoms with Crippen molar-refractivity contribution < 1.29 is 0 Å². The second kappa shape index (κ2) is 5.71. The van der Waals surface area contributed by atoms with Gasteiger partial charge in [-0.2, -0.15) is 0 Å². The summed E-state index contributed by atoms with van der Waals surface area (Å²) in [6, 6.07) is 10.4. The normalized spacial score (nSPS) is 12.4. The molecule has 1 aromatic carbocycles. The van der Waals surface area contributed by atoms with E-state index >= 15 is 0 Å². The third-order valence-electron chi connectivity index (χ3n) is 2.92. The fourth-order valence-corrected chi connectivity index (χ4v) is 1.88. The molecule has 0 spiro atoms. The molecule has 0 radical (unpaired) electrons. The Kier molecular flexibility index (Phi) is 4.02. The minimum absolute atomic E-state index is 0.00871. The third kappa shape index (κ3) is 3.12. The minimum Gasteiger partial charge on any atom is -0.271 e. The van der Waals surface area contributed by atoms with Crippen molar-refractivity contribution in [1.82, 2.24) is 15.4 Å². The molecule has 0 fully saturated rings. The van der Waals surface area contributed by atoms with Gasteiger partial charge in [0.05, 0.1) is 11.7 Å². The van der Waals surface area contributed by atoms with Crippen LogP contribution in [0.5, 0.6) is 0 Å². The molecule has 0 aliphatic carbocycles. The van der Waals surface area contributed by atoms with Gasteiger partial charge in [0.25, 0.3) is 0 Å². The third-order valence-corrected chi connectivity index (χ3v) is 2.92. The number of nitrogens with zero attached hydrogens (tertiary/aromatic N) is 2. The molecular formula is C14H18N4. The molecule has 1 atom stereocenters. The van der Waals surface area contributed by atoms with Crippen LogP contribution in [0.3, 0.4) is 0 Å². The molecule has 0 amide bonds. The van der Waals surface area contributed by atoms with Crippen molar-refractivity contribution in [3.8, 4) is 0 Å². The van der Waals surface area contributed by atoms with Gasteiger partial charge in [-0.1, -0.05) is 29.8 Å². The summed E-state index contributed by atoms with van der Waals surface area (Å²) in [7, 11) is 0. The van der Waals surface area contributed by atoms with E-state index in [-0.39, 0.29) is 6.04 Å². The van der Waals surface area contributed by atoms with E-state index in [1.165, 1.54) is 11.1 Å². The van der Waals surface area contributed by atoms with Crippen molar-refractivity contribution in [2.45, 2.75) is 26.3 Å². The molecule has 1 unspecified atom stereocenters. The molecule has 0 aliphatic rings. The molecule has 1 aromatic heterocycles. The first-order valence-corrected chi connectivity index (χ1v) is 6.00. The lowest BCUT2D eigenvalue weighted by atomic mass is 10.0. The Morgan fingerprint density at radius 2 is 1.89 bits per heavy atom. The minimum atomic E-state index is 0.00871. The number of aryl methyl sites for hydroxylation is 2. The summed E-state index contributed by atoms with van der Waals surface area (Å²) < 4.78 is 0. The zero-order valence-corrected chi connectivity index (χ0v) is 10.7. The van der Waals surface area contributed by atoms with E-state index < -0.39 is 0 Å². The zero-order chi connectivity index (χ0) is 13.0. The van der Waals surface area contributed by atoms with Gasteiger partial charge >= 0.3 is 0 Å². The second-order valence-corrected chi connectivity index (χ2v) is 4.44. The van der Waals surface area contributed by atoms with E-state index in [0.29, 0.717) is 0 Å². The number of hydrogen-bond donors (Lipinski definition) is 2. The fourth-order valence-electron chi connectivity index (χ4n) is 1.88. The van der Waals surface area contributed by atoms with Gasteiger partial charge < -0.3 is 0 Å². The van der Waals surface area contributed by atoms with E-state index in [9.17, 15) is 0 Å². The smallest absolute Gasteiger partial charge is 0.125 e. The van der Waals surface area contributed by atoms with Crippen molar-refractivity contribution >= 4 is 0 Å². The highest BCUT2D eigenvalue weighted by molar-refractivity contribution is 5.23. The van der Waals surface area contributed by atoms with Gasteiger partial charge in [-0.05, 0) is 31.9 Å². The first kappa shape index (κ1) is 12.7. The Morgan fingerprint density at radius 3 is 2.50 bits per heavy atom. The maximum atomic E-state index is 5.62. The van der Waals surface area contributed by atoms with Gasteiger partial charge in [0.15, 0.2) is 0 Å². The van der Waals surface area contributed by atoms with Crippen molar-refractivity contribution in [3.05, 3.63) is 59.2 Å². The number of nitrogens with two attached hydrogens (primary N) is 1. The van der Waals surface area contributed by atoms with Crippen LogP contribution in [0.1, 0.15) is 28.7 Å². The molecule has 18 heavy (non-hydrogen) atoms. The number of nitrogens with one attached hydrogen (secondary N) is 1. The van der Waals surface area contributed by atoms with Crippen LogP contribution in [0.15, 0.2) is 36.5 Å². The van der Waals surface area contributed by atoms with Crippen LogP contribution in [0.4, 0.5) is 0 Å². The van der Waals surface area contributed by atoms with Crippen LogP contribution in [0.2, 0.25) is 0 Å². The molecular weight excluding hydrogens is 224 g/mol. The van der Waals surface area contributed by atoms with Gasteiger partial charge in [0.2, 0.25) is 0 Å². The van der Waals surface area contributed by atoms with Crippen molar-refractivity contribution in [2.75, 3.05) is 0 Å². The van der Waals surface area contributed by atoms with Gasteiger partial charge in [0.1, 0.15) is 5.82 Å². The summed E-state index contributed by atoms with van der Waals surface area (Å²) in [5.74, 6) is 6.38. The highest BCUT2D eigenvalue weighted by Crippen LogP contribution is 2.16. The lowest BCUT2D eigenvalue weighted by molar-refractivity contribution is 0.535. The average molecular weight is 242 g/mol. The molecule has 0 bridgehead atoms. The zero-order valence-electron chi connectivity index (χ0n) is 10.7. The van der Waals surface area contributed by atoms with Crippen LogP contribution in [0, 0.1) is 13.8 Å². The number of benzene rings is 1. The number of rotatable bonds is 4. The van der Waals surface area contributed by atoms with Gasteiger partial charge in [-0.3, -0.25) is 11.3 Å². The summed E-state index contributed by atoms with van der Waals surface area (Å²) in [6.45, 7) is 3.96. The monoisotopic (exact) mass is 242 g/mol. The molecule has 4 heteroatoms. The van der Waals surface area contributed by atoms with Crippen molar-refractivity contribution in [2.24, 2.45) is 5.84 Å². The predicted octanol–water partition coefficient (Wildman–Crippen LogP) is 1.84. The highest BCUT2D eigenvalue weighted by Gasteiger charge is 2.12. The molecule has 0 saturated heterocycles. The second-order valence-electron chi connectivity index (χ2n) is 4.44. The lowest BCUT2D eigenvalue weighted by Crippen LogP contribution is -2.30. The molecule has 3 N–H and O–H groups in total. The Balaban J connectivity index is 2.17. The Labute approximate surface area is 107 Å². The van der Waals surface area contributed by atoms with E-state index in [0.717, 1.165) is 17.9 Å². The fraction of sp³-hybridized carbons (Fsp3) is 0.286. The summed E-state index contributed by atoms with van der Waals surface area (Å²) in [5.41, 5.74) is 6.23. The van der Waals surface area contributed by atoms with E-state index in [2.05, 4.69) is 46.6 Å². The number of hydrazine groups is 1. The Hall–Kier alpha value is -1.78. The average Bonchev–Trinajstić information content (AvgIpc) is 2.38. The Morgan fingerprint density at radius 1 is 1.17 bits per heavy atom. The summed E-state index contributed by atoms with van der Waals surface area (Å²) in [6.07, 6.45) is 2.57. The topological polar surface area (TPSA) is 63.8 Å². The summed E-state index contributed by atoms with van der Waals surface area (Å²) >= 11 is 0. The number of hydrogen-bond acceptors (Lipinski definition) is 4. The van der Waals surface area contributed by atoms with Crippen LogP contribution >= 0.6 is 0 Å². The first-order chi connectivity index (χ1) is 8.69. The van der Waals surface area contributed by atoms with E-state index in [1.54, 1.807) is 6.20 Å². The van der Waals surface area contributed by atoms with Crippen LogP contribution in [-0.4, -0.2) is 9.97 Å². The van der Waals surface area contributed by atoms with Crippen molar-refractivity contribution in [1.29, 1.82) is 0 Å². The van der Waals surface area contributed by atoms with E-state index in [4.69, 9.17) is 5.84 Å². The van der Waals surface area contributed by atoms with Crippen molar-refractivity contribution in [3.63, 3.8) is 0 Å². The maximum Gasteiger partial charge on any atom is 0.125 e. The van der Waals surface area contributed by atoms with Crippen LogP contribution in [-0.2, 0) is 6.42 Å². The predicted molar refractivity (Wildman–Crippen MR) is 71.7 cm³/mol. The van der Waals surface area contributed by atoms with Crippen LogP contribution in [0.25, 0.3) is 0 Å². The molecule has 0 saturated carbocycles. The molecule has 4 nitrogen and oxygen atoms in total. The molecule has 1 heterocycles.